The second-order valence-electron chi connectivity index (χ2n) is 8.30. The molecule has 1 unspecified atom stereocenters. The molecule has 8 heteroatoms. The van der Waals surface area contributed by atoms with Crippen molar-refractivity contribution < 1.29 is 13.2 Å². The Labute approximate surface area is 175 Å². The molecule has 0 aromatic heterocycles. The van der Waals surface area contributed by atoms with Crippen molar-refractivity contribution in [2.45, 2.75) is 52.0 Å². The van der Waals surface area contributed by atoms with Crippen molar-refractivity contribution in [1.82, 2.24) is 19.8 Å². The monoisotopic (exact) mass is 424 g/mol. The van der Waals surface area contributed by atoms with Crippen molar-refractivity contribution in [3.63, 3.8) is 0 Å². The Morgan fingerprint density at radius 3 is 2.10 bits per heavy atom. The van der Waals surface area contributed by atoms with Crippen LogP contribution in [0.2, 0.25) is 0 Å². The van der Waals surface area contributed by atoms with Crippen LogP contribution < -0.4 is 10.0 Å². The summed E-state index contributed by atoms with van der Waals surface area (Å²) in [5.74, 6) is -0.140. The first kappa shape index (κ1) is 23.8. The van der Waals surface area contributed by atoms with E-state index in [1.54, 1.807) is 0 Å². The molecule has 1 aromatic rings. The smallest absolute Gasteiger partial charge is 0.241 e. The standard InChI is InChI=1S/C21H36N4O3S/c1-14-15(2)17(4)21(18(5)16(14)3)29(27,28)23-9-8-20(26)22-12-19-13-24(6)10-11-25(19)7/h19,23H,8-13H2,1-7H3,(H,22,26). The van der Waals surface area contributed by atoms with Crippen LogP contribution in [0.25, 0.3) is 0 Å². The second-order valence-corrected chi connectivity index (χ2v) is 10.0. The largest absolute Gasteiger partial charge is 0.354 e. The van der Waals surface area contributed by atoms with Gasteiger partial charge < -0.3 is 10.2 Å². The highest BCUT2D eigenvalue weighted by atomic mass is 32.2. The van der Waals surface area contributed by atoms with E-state index in [-0.39, 0.29) is 24.9 Å². The molecule has 0 spiro atoms. The van der Waals surface area contributed by atoms with Gasteiger partial charge in [-0.05, 0) is 76.5 Å². The van der Waals surface area contributed by atoms with E-state index in [4.69, 9.17) is 0 Å². The van der Waals surface area contributed by atoms with Gasteiger partial charge in [-0.15, -0.1) is 0 Å². The first-order valence-electron chi connectivity index (χ1n) is 10.2. The number of nitrogens with one attached hydrogen (secondary N) is 2. The molecule has 1 amide bonds. The molecule has 1 aromatic carbocycles. The van der Waals surface area contributed by atoms with Gasteiger partial charge in [0.1, 0.15) is 0 Å². The first-order valence-corrected chi connectivity index (χ1v) is 11.7. The Morgan fingerprint density at radius 2 is 1.52 bits per heavy atom. The molecule has 1 aliphatic heterocycles. The topological polar surface area (TPSA) is 81.7 Å². The van der Waals surface area contributed by atoms with Crippen LogP contribution >= 0.6 is 0 Å². The number of nitrogens with zero attached hydrogens (tertiary/aromatic N) is 2. The number of benzene rings is 1. The number of hydrogen-bond donors (Lipinski definition) is 2. The lowest BCUT2D eigenvalue weighted by Gasteiger charge is -2.37. The van der Waals surface area contributed by atoms with Gasteiger partial charge in [0.2, 0.25) is 15.9 Å². The number of rotatable bonds is 7. The zero-order valence-corrected chi connectivity index (χ0v) is 19.7. The summed E-state index contributed by atoms with van der Waals surface area (Å²) in [6, 6.07) is 0.276. The molecule has 2 N–H and O–H groups in total. The van der Waals surface area contributed by atoms with Crippen molar-refractivity contribution in [3.05, 3.63) is 27.8 Å². The van der Waals surface area contributed by atoms with Gasteiger partial charge in [-0.1, -0.05) is 0 Å². The van der Waals surface area contributed by atoms with Gasteiger partial charge in [0.05, 0.1) is 4.90 Å². The highest BCUT2D eigenvalue weighted by Gasteiger charge is 2.24. The maximum atomic E-state index is 12.9. The van der Waals surface area contributed by atoms with Crippen LogP contribution in [0.3, 0.4) is 0 Å². The van der Waals surface area contributed by atoms with E-state index in [2.05, 4.69) is 33.9 Å². The van der Waals surface area contributed by atoms with Crippen LogP contribution in [-0.4, -0.2) is 77.0 Å². The van der Waals surface area contributed by atoms with Gasteiger partial charge in [0.15, 0.2) is 0 Å². The van der Waals surface area contributed by atoms with E-state index in [1.807, 2.05) is 34.6 Å². The van der Waals surface area contributed by atoms with Crippen molar-refractivity contribution in [2.75, 3.05) is 46.8 Å². The molecular formula is C21H36N4O3S. The normalized spacial score (nSPS) is 18.8. The number of amides is 1. The molecule has 1 atom stereocenters. The fraction of sp³-hybridized carbons (Fsp3) is 0.667. The second kappa shape index (κ2) is 9.55. The summed E-state index contributed by atoms with van der Waals surface area (Å²) >= 11 is 0. The molecule has 1 saturated heterocycles. The molecule has 0 saturated carbocycles. The lowest BCUT2D eigenvalue weighted by atomic mass is 9.95. The number of hydrogen-bond acceptors (Lipinski definition) is 5. The number of sulfonamides is 1. The minimum atomic E-state index is -3.68. The molecule has 1 heterocycles. The third kappa shape index (κ3) is 5.57. The minimum absolute atomic E-state index is 0.0828. The SMILES string of the molecule is Cc1c(C)c(C)c(S(=O)(=O)NCCC(=O)NCC2CN(C)CCN2C)c(C)c1C. The average Bonchev–Trinajstić information content (AvgIpc) is 2.65. The number of carbonyl (C=O) groups excluding carboxylic acids is 1. The summed E-state index contributed by atoms with van der Waals surface area (Å²) < 4.78 is 28.4. The zero-order valence-electron chi connectivity index (χ0n) is 18.8. The van der Waals surface area contributed by atoms with Crippen LogP contribution in [0.15, 0.2) is 4.90 Å². The Kier molecular flexibility index (Phi) is 7.84. The Balaban J connectivity index is 1.94. The van der Waals surface area contributed by atoms with E-state index >= 15 is 0 Å². The lowest BCUT2D eigenvalue weighted by Crippen LogP contribution is -2.54. The highest BCUT2D eigenvalue weighted by Crippen LogP contribution is 2.29. The fourth-order valence-corrected chi connectivity index (χ4v) is 5.51. The van der Waals surface area contributed by atoms with Crippen molar-refractivity contribution in [3.8, 4) is 0 Å². The molecule has 0 aliphatic carbocycles. The summed E-state index contributed by atoms with van der Waals surface area (Å²) in [4.78, 5) is 17.0. The molecule has 0 bridgehead atoms. The van der Waals surface area contributed by atoms with Crippen molar-refractivity contribution in [2.24, 2.45) is 0 Å². The van der Waals surface area contributed by atoms with Gasteiger partial charge in [0, 0.05) is 45.2 Å². The minimum Gasteiger partial charge on any atom is -0.354 e. The molecular weight excluding hydrogens is 388 g/mol. The van der Waals surface area contributed by atoms with Gasteiger partial charge in [-0.3, -0.25) is 9.69 Å². The molecule has 164 valence electrons. The highest BCUT2D eigenvalue weighted by molar-refractivity contribution is 7.89. The molecule has 2 rings (SSSR count). The number of carbonyl (C=O) groups is 1. The van der Waals surface area contributed by atoms with Crippen molar-refractivity contribution >= 4 is 15.9 Å². The third-order valence-electron chi connectivity index (χ3n) is 6.36. The average molecular weight is 425 g/mol. The lowest BCUT2D eigenvalue weighted by molar-refractivity contribution is -0.121. The number of piperazine rings is 1. The third-order valence-corrected chi connectivity index (χ3v) is 8.09. The summed E-state index contributed by atoms with van der Waals surface area (Å²) in [6.07, 6.45) is 0.118. The summed E-state index contributed by atoms with van der Waals surface area (Å²) in [6.45, 7) is 13.2. The van der Waals surface area contributed by atoms with Crippen LogP contribution in [0, 0.1) is 34.6 Å². The van der Waals surface area contributed by atoms with Crippen LogP contribution in [0.1, 0.15) is 34.2 Å². The van der Waals surface area contributed by atoms with Crippen molar-refractivity contribution in [1.29, 1.82) is 0 Å². The van der Waals surface area contributed by atoms with E-state index in [0.717, 1.165) is 47.5 Å². The van der Waals surface area contributed by atoms with E-state index in [9.17, 15) is 13.2 Å². The Morgan fingerprint density at radius 1 is 0.966 bits per heavy atom. The zero-order chi connectivity index (χ0) is 21.9. The Hall–Kier alpha value is -1.48. The summed E-state index contributed by atoms with van der Waals surface area (Å²) in [5, 5.41) is 2.94. The predicted molar refractivity (Wildman–Crippen MR) is 117 cm³/mol. The molecule has 7 nitrogen and oxygen atoms in total. The van der Waals surface area contributed by atoms with Gasteiger partial charge in [0.25, 0.3) is 0 Å². The summed E-state index contributed by atoms with van der Waals surface area (Å²) in [5.41, 5.74) is 4.65. The molecule has 0 radical (unpaired) electrons. The molecule has 1 aliphatic rings. The Bertz CT molecular complexity index is 838. The maximum Gasteiger partial charge on any atom is 0.241 e. The summed E-state index contributed by atoms with van der Waals surface area (Å²) in [7, 11) is 0.467. The van der Waals surface area contributed by atoms with Gasteiger partial charge in [-0.2, -0.15) is 0 Å². The van der Waals surface area contributed by atoms with E-state index in [1.165, 1.54) is 0 Å². The predicted octanol–water partition coefficient (Wildman–Crippen LogP) is 1.26. The van der Waals surface area contributed by atoms with E-state index < -0.39 is 10.0 Å². The van der Waals surface area contributed by atoms with Gasteiger partial charge >= 0.3 is 0 Å². The van der Waals surface area contributed by atoms with Crippen LogP contribution in [-0.2, 0) is 14.8 Å². The molecule has 1 fully saturated rings. The number of likely N-dealkylation sites (N-methyl/N-ethyl adjacent to an activating group) is 2. The van der Waals surface area contributed by atoms with Gasteiger partial charge in [-0.25, -0.2) is 13.1 Å². The van der Waals surface area contributed by atoms with Crippen LogP contribution in [0.4, 0.5) is 0 Å². The fourth-order valence-electron chi connectivity index (χ4n) is 3.88. The molecule has 29 heavy (non-hydrogen) atoms. The van der Waals surface area contributed by atoms with Crippen LogP contribution in [0.5, 0.6) is 0 Å². The first-order chi connectivity index (χ1) is 13.5. The maximum absolute atomic E-state index is 12.9. The van der Waals surface area contributed by atoms with E-state index in [0.29, 0.717) is 11.4 Å². The quantitative estimate of drug-likeness (QED) is 0.689.